The molecule has 0 bridgehead atoms. The van der Waals surface area contributed by atoms with E-state index in [9.17, 15) is 20.0 Å². The van der Waals surface area contributed by atoms with Gasteiger partial charge in [-0.3, -0.25) is 14.9 Å². The largest absolute Gasteiger partial charge is 0.481 e. The maximum Gasteiger partial charge on any atom is 0.311 e. The molecule has 0 heterocycles. The first-order valence-corrected chi connectivity index (χ1v) is 7.58. The van der Waals surface area contributed by atoms with Gasteiger partial charge in [0.25, 0.3) is 5.69 Å². The van der Waals surface area contributed by atoms with Gasteiger partial charge in [-0.1, -0.05) is 28.8 Å². The smallest absolute Gasteiger partial charge is 0.311 e. The van der Waals surface area contributed by atoms with E-state index in [2.05, 4.69) is 21.2 Å². The molecule has 0 aromatic heterocycles. The van der Waals surface area contributed by atoms with Crippen molar-refractivity contribution in [1.82, 2.24) is 0 Å². The minimum Gasteiger partial charge on any atom is -0.481 e. The summed E-state index contributed by atoms with van der Waals surface area (Å²) in [5.74, 6) is -0.862. The summed E-state index contributed by atoms with van der Waals surface area (Å²) in [4.78, 5) is 22.2. The summed E-state index contributed by atoms with van der Waals surface area (Å²) in [6.07, 6.45) is 3.05. The molecule has 7 heteroatoms. The number of halogens is 1. The fraction of sp³-hybridized carbons (Fsp3) is 0.500. The lowest BCUT2D eigenvalue weighted by Gasteiger charge is -2.38. The van der Waals surface area contributed by atoms with Gasteiger partial charge in [-0.05, 0) is 31.9 Å². The monoisotopic (exact) mass is 356 g/mol. The van der Waals surface area contributed by atoms with Crippen LogP contribution in [0.2, 0.25) is 0 Å². The van der Waals surface area contributed by atoms with Gasteiger partial charge in [0, 0.05) is 16.6 Å². The van der Waals surface area contributed by atoms with E-state index in [-0.39, 0.29) is 11.7 Å². The number of hydrogen-bond donors (Lipinski definition) is 2. The number of aliphatic carboxylic acids is 1. The SMILES string of the molecule is CC1(C(=O)O)CCCCC1Nc1ccc(Br)cc1[N+](=O)[O-]. The molecule has 1 aromatic rings. The van der Waals surface area contributed by atoms with Crippen LogP contribution in [0.5, 0.6) is 0 Å². The van der Waals surface area contributed by atoms with E-state index in [4.69, 9.17) is 0 Å². The third-order valence-electron chi connectivity index (χ3n) is 4.18. The van der Waals surface area contributed by atoms with Gasteiger partial charge in [0.15, 0.2) is 0 Å². The summed E-state index contributed by atoms with van der Waals surface area (Å²) >= 11 is 3.21. The molecule has 0 radical (unpaired) electrons. The normalized spacial score (nSPS) is 25.3. The van der Waals surface area contributed by atoms with Crippen LogP contribution in [0.1, 0.15) is 32.6 Å². The van der Waals surface area contributed by atoms with Gasteiger partial charge in [-0.25, -0.2) is 0 Å². The van der Waals surface area contributed by atoms with Crippen LogP contribution in [0.15, 0.2) is 22.7 Å². The molecule has 1 aliphatic carbocycles. The number of carbonyl (C=O) groups is 1. The number of hydrogen-bond acceptors (Lipinski definition) is 4. The quantitative estimate of drug-likeness (QED) is 0.632. The highest BCUT2D eigenvalue weighted by Crippen LogP contribution is 2.39. The number of benzene rings is 1. The molecule has 2 unspecified atom stereocenters. The van der Waals surface area contributed by atoms with Crippen molar-refractivity contribution in [3.05, 3.63) is 32.8 Å². The van der Waals surface area contributed by atoms with E-state index in [1.807, 2.05) is 0 Å². The summed E-state index contributed by atoms with van der Waals surface area (Å²) in [5, 5.41) is 23.7. The molecule has 0 saturated heterocycles. The number of nitro benzene ring substituents is 1. The van der Waals surface area contributed by atoms with Crippen LogP contribution >= 0.6 is 15.9 Å². The van der Waals surface area contributed by atoms with E-state index >= 15 is 0 Å². The van der Waals surface area contributed by atoms with Crippen LogP contribution < -0.4 is 5.32 Å². The first-order chi connectivity index (χ1) is 9.84. The molecule has 6 nitrogen and oxygen atoms in total. The maximum atomic E-state index is 11.6. The van der Waals surface area contributed by atoms with Gasteiger partial charge in [0.1, 0.15) is 5.69 Å². The molecule has 114 valence electrons. The summed E-state index contributed by atoms with van der Waals surface area (Å²) in [5.41, 5.74) is -0.593. The molecule has 1 aromatic carbocycles. The number of nitrogens with zero attached hydrogens (tertiary/aromatic N) is 1. The summed E-state index contributed by atoms with van der Waals surface area (Å²) in [6, 6.07) is 4.42. The second-order valence-corrected chi connectivity index (χ2v) is 6.50. The van der Waals surface area contributed by atoms with E-state index in [0.29, 0.717) is 23.0 Å². The number of carboxylic acid groups (broad SMARTS) is 1. The molecule has 0 amide bonds. The van der Waals surface area contributed by atoms with E-state index in [1.54, 1.807) is 19.1 Å². The maximum absolute atomic E-state index is 11.6. The van der Waals surface area contributed by atoms with Crippen molar-refractivity contribution in [2.75, 3.05) is 5.32 Å². The highest BCUT2D eigenvalue weighted by Gasteiger charge is 2.43. The minimum absolute atomic E-state index is 0.0531. The molecule has 1 saturated carbocycles. The fourth-order valence-electron chi connectivity index (χ4n) is 2.79. The summed E-state index contributed by atoms with van der Waals surface area (Å²) in [6.45, 7) is 1.71. The van der Waals surface area contributed by atoms with Crippen LogP contribution in [0, 0.1) is 15.5 Å². The zero-order valence-corrected chi connectivity index (χ0v) is 13.2. The third-order valence-corrected chi connectivity index (χ3v) is 4.68. The Hall–Kier alpha value is -1.63. The molecular weight excluding hydrogens is 340 g/mol. The summed E-state index contributed by atoms with van der Waals surface area (Å²) < 4.78 is 0.615. The van der Waals surface area contributed by atoms with E-state index in [1.165, 1.54) is 6.07 Å². The molecule has 1 aliphatic rings. The molecule has 2 N–H and O–H groups in total. The zero-order chi connectivity index (χ0) is 15.6. The zero-order valence-electron chi connectivity index (χ0n) is 11.6. The van der Waals surface area contributed by atoms with E-state index in [0.717, 1.165) is 12.8 Å². The van der Waals surface area contributed by atoms with Crippen LogP contribution in [-0.2, 0) is 4.79 Å². The average Bonchev–Trinajstić information content (AvgIpc) is 2.42. The molecule has 0 spiro atoms. The van der Waals surface area contributed by atoms with Gasteiger partial charge in [0.05, 0.1) is 10.3 Å². The van der Waals surface area contributed by atoms with Gasteiger partial charge in [-0.2, -0.15) is 0 Å². The number of nitro groups is 1. The predicted molar refractivity (Wildman–Crippen MR) is 82.4 cm³/mol. The van der Waals surface area contributed by atoms with Crippen molar-refractivity contribution in [3.8, 4) is 0 Å². The second-order valence-electron chi connectivity index (χ2n) is 5.58. The molecule has 2 rings (SSSR count). The number of nitrogens with one attached hydrogen (secondary N) is 1. The van der Waals surface area contributed by atoms with Gasteiger partial charge in [0.2, 0.25) is 0 Å². The Balaban J connectivity index is 2.32. The van der Waals surface area contributed by atoms with Crippen LogP contribution in [-0.4, -0.2) is 22.0 Å². The number of anilines is 1. The standard InChI is InChI=1S/C14H17BrN2O4/c1-14(13(18)19)7-3-2-4-12(14)16-10-6-5-9(15)8-11(10)17(20)21/h5-6,8,12,16H,2-4,7H2,1H3,(H,18,19). The van der Waals surface area contributed by atoms with Crippen molar-refractivity contribution in [2.45, 2.75) is 38.6 Å². The lowest BCUT2D eigenvalue weighted by atomic mass is 9.71. The Labute approximate surface area is 130 Å². The van der Waals surface area contributed by atoms with Crippen molar-refractivity contribution < 1.29 is 14.8 Å². The van der Waals surface area contributed by atoms with Gasteiger partial charge < -0.3 is 10.4 Å². The molecule has 0 aliphatic heterocycles. The van der Waals surface area contributed by atoms with Crippen molar-refractivity contribution in [2.24, 2.45) is 5.41 Å². The van der Waals surface area contributed by atoms with Gasteiger partial charge >= 0.3 is 5.97 Å². The first kappa shape index (κ1) is 15.8. The highest BCUT2D eigenvalue weighted by atomic mass is 79.9. The lowest BCUT2D eigenvalue weighted by molar-refractivity contribution is -0.384. The molecule has 1 fully saturated rings. The molecule has 2 atom stereocenters. The minimum atomic E-state index is -0.904. The van der Waals surface area contributed by atoms with Crippen LogP contribution in [0.3, 0.4) is 0 Å². The fourth-order valence-corrected chi connectivity index (χ4v) is 3.14. The van der Waals surface area contributed by atoms with Crippen LogP contribution in [0.25, 0.3) is 0 Å². The van der Waals surface area contributed by atoms with Crippen LogP contribution in [0.4, 0.5) is 11.4 Å². The third kappa shape index (κ3) is 3.18. The van der Waals surface area contributed by atoms with E-state index < -0.39 is 16.3 Å². The number of carboxylic acids is 1. The summed E-state index contributed by atoms with van der Waals surface area (Å²) in [7, 11) is 0. The second kappa shape index (κ2) is 6.01. The Bertz CT molecular complexity index is 578. The molecule has 21 heavy (non-hydrogen) atoms. The average molecular weight is 357 g/mol. The number of rotatable bonds is 4. The van der Waals surface area contributed by atoms with Crippen molar-refractivity contribution in [1.29, 1.82) is 0 Å². The lowest BCUT2D eigenvalue weighted by Crippen LogP contribution is -2.46. The molecular formula is C14H17BrN2O4. The van der Waals surface area contributed by atoms with Gasteiger partial charge in [-0.15, -0.1) is 0 Å². The Morgan fingerprint density at radius 2 is 2.24 bits per heavy atom. The Morgan fingerprint density at radius 1 is 1.52 bits per heavy atom. The van der Waals surface area contributed by atoms with Crippen molar-refractivity contribution >= 4 is 33.3 Å². The predicted octanol–water partition coefficient (Wildman–Crippen LogP) is 3.80. The Kier molecular flexibility index (Phi) is 4.51. The highest BCUT2D eigenvalue weighted by molar-refractivity contribution is 9.10. The van der Waals surface area contributed by atoms with Crippen molar-refractivity contribution in [3.63, 3.8) is 0 Å². The first-order valence-electron chi connectivity index (χ1n) is 6.78. The topological polar surface area (TPSA) is 92.5 Å². The Morgan fingerprint density at radius 3 is 2.86 bits per heavy atom.